The Morgan fingerprint density at radius 3 is 2.56 bits per heavy atom. The topological polar surface area (TPSA) is 108 Å². The number of nitrogens with zero attached hydrogens (tertiary/aromatic N) is 1. The molecule has 0 radical (unpaired) electrons. The average molecular weight is 468 g/mol. The van der Waals surface area contributed by atoms with Crippen LogP contribution in [0, 0.1) is 6.92 Å². The van der Waals surface area contributed by atoms with Gasteiger partial charge in [-0.2, -0.15) is 0 Å². The van der Waals surface area contributed by atoms with Crippen LogP contribution in [-0.2, 0) is 19.6 Å². The number of nitrogens with one attached hydrogen (secondary N) is 2. The van der Waals surface area contributed by atoms with Gasteiger partial charge in [-0.1, -0.05) is 24.1 Å². The number of aliphatic hydroxyl groups is 1. The second kappa shape index (κ2) is 12.1. The van der Waals surface area contributed by atoms with Gasteiger partial charge in [0.25, 0.3) is 0 Å². The minimum Gasteiger partial charge on any atom is -0.394 e. The fourth-order valence-electron chi connectivity index (χ4n) is 4.39. The summed E-state index contributed by atoms with van der Waals surface area (Å²) in [5.74, 6) is -0.00747. The third-order valence-corrected chi connectivity index (χ3v) is 7.81. The number of carbonyl (C=O) groups excluding carboxylic acids is 1. The Bertz CT molecular complexity index is 825. The Labute approximate surface area is 191 Å². The van der Waals surface area contributed by atoms with Gasteiger partial charge in [0.1, 0.15) is 6.10 Å². The van der Waals surface area contributed by atoms with Crippen molar-refractivity contribution >= 4 is 15.9 Å². The number of sulfonamides is 1. The maximum Gasteiger partial charge on any atom is 0.240 e. The number of ether oxygens (including phenoxy) is 1. The number of aryl methyl sites for hydroxylation is 1. The van der Waals surface area contributed by atoms with Crippen LogP contribution < -0.4 is 10.0 Å². The van der Waals surface area contributed by atoms with Gasteiger partial charge in [-0.15, -0.1) is 0 Å². The highest BCUT2D eigenvalue weighted by atomic mass is 32.2. The van der Waals surface area contributed by atoms with Gasteiger partial charge in [0.2, 0.25) is 15.9 Å². The fraction of sp³-hybridized carbons (Fsp3) is 0.696. The number of amides is 1. The summed E-state index contributed by atoms with van der Waals surface area (Å²) >= 11 is 0. The second-order valence-corrected chi connectivity index (χ2v) is 10.6. The fourth-order valence-corrected chi connectivity index (χ4v) is 5.43. The number of likely N-dealkylation sites (tertiary alicyclic amines) is 1. The summed E-state index contributed by atoms with van der Waals surface area (Å²) in [6.45, 7) is 4.89. The van der Waals surface area contributed by atoms with Crippen molar-refractivity contribution in [3.05, 3.63) is 29.8 Å². The van der Waals surface area contributed by atoms with Crippen molar-refractivity contribution in [3.63, 3.8) is 0 Å². The minimum absolute atomic E-state index is 0.00747. The lowest BCUT2D eigenvalue weighted by molar-refractivity contribution is -0.128. The van der Waals surface area contributed by atoms with Gasteiger partial charge in [-0.3, -0.25) is 4.79 Å². The molecule has 0 aliphatic carbocycles. The average Bonchev–Trinajstić information content (AvgIpc) is 2.79. The molecule has 1 aromatic carbocycles. The Morgan fingerprint density at radius 1 is 1.16 bits per heavy atom. The number of hydrogen-bond acceptors (Lipinski definition) is 6. The highest BCUT2D eigenvalue weighted by molar-refractivity contribution is 7.89. The van der Waals surface area contributed by atoms with Gasteiger partial charge in [0, 0.05) is 19.5 Å². The molecule has 8 nitrogen and oxygen atoms in total. The van der Waals surface area contributed by atoms with E-state index in [1.807, 2.05) is 6.92 Å². The van der Waals surface area contributed by atoms with Gasteiger partial charge in [-0.05, 0) is 64.3 Å². The van der Waals surface area contributed by atoms with Crippen LogP contribution in [0.3, 0.4) is 0 Å². The van der Waals surface area contributed by atoms with Crippen molar-refractivity contribution < 1.29 is 23.1 Å². The molecule has 2 fully saturated rings. The van der Waals surface area contributed by atoms with Crippen molar-refractivity contribution in [3.8, 4) is 0 Å². The summed E-state index contributed by atoms with van der Waals surface area (Å²) in [6, 6.07) is 6.51. The summed E-state index contributed by atoms with van der Waals surface area (Å²) < 4.78 is 33.4. The van der Waals surface area contributed by atoms with E-state index < -0.39 is 16.1 Å². The molecule has 2 saturated heterocycles. The highest BCUT2D eigenvalue weighted by Gasteiger charge is 2.32. The molecule has 9 heteroatoms. The Hall–Kier alpha value is -1.52. The summed E-state index contributed by atoms with van der Waals surface area (Å²) in [5, 5.41) is 12.8. The Morgan fingerprint density at radius 2 is 1.88 bits per heavy atom. The first-order valence-electron chi connectivity index (χ1n) is 11.7. The number of rotatable bonds is 10. The van der Waals surface area contributed by atoms with Crippen LogP contribution in [0.15, 0.2) is 29.2 Å². The van der Waals surface area contributed by atoms with Crippen molar-refractivity contribution in [2.24, 2.45) is 0 Å². The van der Waals surface area contributed by atoms with Crippen LogP contribution in [0.25, 0.3) is 0 Å². The molecule has 1 amide bonds. The monoisotopic (exact) mass is 467 g/mol. The van der Waals surface area contributed by atoms with Gasteiger partial charge in [0.05, 0.1) is 23.6 Å². The maximum atomic E-state index is 12.4. The van der Waals surface area contributed by atoms with Gasteiger partial charge in [-0.25, -0.2) is 13.1 Å². The van der Waals surface area contributed by atoms with Crippen LogP contribution in [-0.4, -0.2) is 75.4 Å². The van der Waals surface area contributed by atoms with Crippen LogP contribution in [0.2, 0.25) is 0 Å². The zero-order chi connectivity index (χ0) is 23.0. The van der Waals surface area contributed by atoms with Crippen LogP contribution >= 0.6 is 0 Å². The summed E-state index contributed by atoms with van der Waals surface area (Å²) in [7, 11) is -3.56. The standard InChI is InChI=1S/C23H37N3O5S/c1-18-5-8-20(9-6-18)32(29,30)24-13-11-19-7-10-21(22(17-27)31-19)25-23(28)12-16-26-14-3-2-4-15-26/h5-6,8-9,19,21-22,24,27H,2-4,7,10-17H2,1H3,(H,25,28)/t19-,21+,22-/m0/s1. The zero-order valence-electron chi connectivity index (χ0n) is 19.0. The molecule has 32 heavy (non-hydrogen) atoms. The number of hydrogen-bond donors (Lipinski definition) is 3. The number of benzene rings is 1. The smallest absolute Gasteiger partial charge is 0.240 e. The predicted molar refractivity (Wildman–Crippen MR) is 123 cm³/mol. The third-order valence-electron chi connectivity index (χ3n) is 6.34. The first kappa shape index (κ1) is 25.1. The quantitative estimate of drug-likeness (QED) is 0.482. The summed E-state index contributed by atoms with van der Waals surface area (Å²) in [5.41, 5.74) is 1.00. The Kier molecular flexibility index (Phi) is 9.48. The number of carbonyl (C=O) groups is 1. The van der Waals surface area contributed by atoms with E-state index in [4.69, 9.17) is 4.74 Å². The van der Waals surface area contributed by atoms with Crippen molar-refractivity contribution in [1.29, 1.82) is 0 Å². The van der Waals surface area contributed by atoms with Crippen LogP contribution in [0.4, 0.5) is 0 Å². The lowest BCUT2D eigenvalue weighted by Gasteiger charge is -2.36. The highest BCUT2D eigenvalue weighted by Crippen LogP contribution is 2.22. The van der Waals surface area contributed by atoms with Gasteiger partial charge >= 0.3 is 0 Å². The number of aliphatic hydroxyl groups excluding tert-OH is 1. The SMILES string of the molecule is Cc1ccc(S(=O)(=O)NCC[C@@H]2CC[C@@H](NC(=O)CCN3CCCCC3)[C@H](CO)O2)cc1. The summed E-state index contributed by atoms with van der Waals surface area (Å²) in [6.07, 6.45) is 5.43. The van der Waals surface area contributed by atoms with E-state index in [2.05, 4.69) is 14.9 Å². The maximum absolute atomic E-state index is 12.4. The molecule has 0 spiro atoms. The third kappa shape index (κ3) is 7.52. The molecule has 0 bridgehead atoms. The second-order valence-electron chi connectivity index (χ2n) is 8.88. The molecule has 0 unspecified atom stereocenters. The molecular weight excluding hydrogens is 430 g/mol. The van der Waals surface area contributed by atoms with Crippen LogP contribution in [0.1, 0.15) is 50.5 Å². The zero-order valence-corrected chi connectivity index (χ0v) is 19.8. The molecule has 0 saturated carbocycles. The van der Waals surface area contributed by atoms with E-state index in [0.717, 1.165) is 25.2 Å². The Balaban J connectivity index is 1.39. The van der Waals surface area contributed by atoms with Gasteiger partial charge < -0.3 is 20.1 Å². The van der Waals surface area contributed by atoms with Crippen molar-refractivity contribution in [1.82, 2.24) is 14.9 Å². The molecule has 3 N–H and O–H groups in total. The molecule has 0 aromatic heterocycles. The van der Waals surface area contributed by atoms with E-state index in [0.29, 0.717) is 25.7 Å². The van der Waals surface area contributed by atoms with Crippen LogP contribution in [0.5, 0.6) is 0 Å². The largest absolute Gasteiger partial charge is 0.394 e. The molecule has 2 heterocycles. The predicted octanol–water partition coefficient (Wildman–Crippen LogP) is 1.56. The molecular formula is C23H37N3O5S. The number of piperidine rings is 1. The van der Waals surface area contributed by atoms with Crippen molar-refractivity contribution in [2.75, 3.05) is 32.8 Å². The molecule has 1 aromatic rings. The van der Waals surface area contributed by atoms with Gasteiger partial charge in [0.15, 0.2) is 0 Å². The van der Waals surface area contributed by atoms with Crippen molar-refractivity contribution in [2.45, 2.75) is 75.0 Å². The van der Waals surface area contributed by atoms with E-state index >= 15 is 0 Å². The summed E-state index contributed by atoms with van der Waals surface area (Å²) in [4.78, 5) is 15.0. The lowest BCUT2D eigenvalue weighted by atomic mass is 9.97. The first-order valence-corrected chi connectivity index (χ1v) is 13.2. The van der Waals surface area contributed by atoms with E-state index in [1.54, 1.807) is 24.3 Å². The first-order chi connectivity index (χ1) is 15.4. The molecule has 3 rings (SSSR count). The molecule has 2 aliphatic rings. The molecule has 180 valence electrons. The molecule has 2 aliphatic heterocycles. The van der Waals surface area contributed by atoms with E-state index in [9.17, 15) is 18.3 Å². The normalized spacial score (nSPS) is 24.9. The van der Waals surface area contributed by atoms with E-state index in [-0.39, 0.29) is 36.1 Å². The molecule has 3 atom stereocenters. The lowest BCUT2D eigenvalue weighted by Crippen LogP contribution is -2.51. The van der Waals surface area contributed by atoms with E-state index in [1.165, 1.54) is 19.3 Å². The minimum atomic E-state index is -3.56.